The molecule has 0 unspecified atom stereocenters. The van der Waals surface area contributed by atoms with Crippen molar-refractivity contribution in [2.24, 2.45) is 0 Å². The summed E-state index contributed by atoms with van der Waals surface area (Å²) in [5.74, 6) is 0. The highest BCUT2D eigenvalue weighted by Gasteiger charge is 2.10. The van der Waals surface area contributed by atoms with Gasteiger partial charge in [-0.05, 0) is 49.2 Å². The third-order valence-electron chi connectivity index (χ3n) is 3.81. The van der Waals surface area contributed by atoms with Crippen molar-refractivity contribution in [3.8, 4) is 11.4 Å². The van der Waals surface area contributed by atoms with Gasteiger partial charge in [-0.3, -0.25) is 4.98 Å². The minimum absolute atomic E-state index is 0.858. The molecule has 1 N–H and O–H groups in total. The van der Waals surface area contributed by atoms with E-state index < -0.39 is 0 Å². The molecule has 3 aromatic heterocycles. The van der Waals surface area contributed by atoms with E-state index in [1.165, 1.54) is 5.56 Å². The van der Waals surface area contributed by atoms with Crippen molar-refractivity contribution in [2.75, 3.05) is 0 Å². The summed E-state index contributed by atoms with van der Waals surface area (Å²) < 4.78 is 0. The number of fused-ring (bicyclic) bond motifs is 2. The summed E-state index contributed by atoms with van der Waals surface area (Å²) in [6.07, 6.45) is 1.87. The molecule has 0 radical (unpaired) electrons. The quantitative estimate of drug-likeness (QED) is 0.501. The van der Waals surface area contributed by atoms with E-state index in [1.54, 1.807) is 0 Å². The van der Waals surface area contributed by atoms with Crippen molar-refractivity contribution in [1.29, 1.82) is 0 Å². The Balaban J connectivity index is 1.96. The number of aromatic amines is 1. The first-order valence-corrected chi connectivity index (χ1v) is 7.61. The highest BCUT2D eigenvalue weighted by Crippen LogP contribution is 2.30. The summed E-state index contributed by atoms with van der Waals surface area (Å²) in [7, 11) is 0. The molecule has 0 spiro atoms. The van der Waals surface area contributed by atoms with Crippen molar-refractivity contribution in [3.63, 3.8) is 0 Å². The molecule has 4 aromatic rings. The minimum Gasteiger partial charge on any atom is -0.352 e. The molecule has 4 rings (SSSR count). The molecular formula is C18H15N3S. The fraction of sp³-hybridized carbons (Fsp3) is 0.111. The first-order chi connectivity index (χ1) is 10.6. The van der Waals surface area contributed by atoms with Crippen molar-refractivity contribution in [3.05, 3.63) is 53.7 Å². The fourth-order valence-electron chi connectivity index (χ4n) is 2.70. The summed E-state index contributed by atoms with van der Waals surface area (Å²) in [6.45, 7) is 4.11. The topological polar surface area (TPSA) is 41.6 Å². The molecule has 0 aliphatic rings. The molecule has 3 nitrogen and oxygen atoms in total. The number of nitrogens with zero attached hydrogens (tertiary/aromatic N) is 2. The number of rotatable bonds is 1. The number of benzene rings is 1. The average molecular weight is 305 g/mol. The van der Waals surface area contributed by atoms with E-state index in [0.29, 0.717) is 0 Å². The van der Waals surface area contributed by atoms with Crippen molar-refractivity contribution in [1.82, 2.24) is 15.0 Å². The maximum atomic E-state index is 4.79. The molecule has 3 heterocycles. The Morgan fingerprint density at radius 2 is 1.82 bits per heavy atom. The van der Waals surface area contributed by atoms with E-state index in [4.69, 9.17) is 4.98 Å². The highest BCUT2D eigenvalue weighted by molar-refractivity contribution is 7.80. The molecule has 0 atom stereocenters. The molecule has 4 heteroatoms. The summed E-state index contributed by atoms with van der Waals surface area (Å²) in [5, 5.41) is 1.10. The second-order valence-corrected chi connectivity index (χ2v) is 6.16. The second kappa shape index (κ2) is 4.85. The van der Waals surface area contributed by atoms with Gasteiger partial charge < -0.3 is 4.98 Å². The van der Waals surface area contributed by atoms with E-state index in [0.717, 1.165) is 43.8 Å². The van der Waals surface area contributed by atoms with Crippen LogP contribution in [0.4, 0.5) is 0 Å². The fourth-order valence-corrected chi connectivity index (χ4v) is 3.01. The normalized spacial score (nSPS) is 11.4. The molecule has 22 heavy (non-hydrogen) atoms. The lowest BCUT2D eigenvalue weighted by molar-refractivity contribution is 1.26. The monoisotopic (exact) mass is 305 g/mol. The molecule has 0 fully saturated rings. The number of thiol groups is 1. The Morgan fingerprint density at radius 1 is 0.955 bits per heavy atom. The average Bonchev–Trinajstić information content (AvgIpc) is 2.89. The van der Waals surface area contributed by atoms with Gasteiger partial charge in [0.25, 0.3) is 0 Å². The first-order valence-electron chi connectivity index (χ1n) is 7.16. The minimum atomic E-state index is 0.858. The van der Waals surface area contributed by atoms with Crippen LogP contribution in [0.15, 0.2) is 47.5 Å². The maximum Gasteiger partial charge on any atom is 0.101 e. The van der Waals surface area contributed by atoms with E-state index in [2.05, 4.69) is 59.9 Å². The number of pyridine rings is 2. The predicted octanol–water partition coefficient (Wildman–Crippen LogP) is 4.68. The number of aromatic nitrogens is 3. The SMILES string of the molecule is Cc1ccc2cc(S)c(-c3cc4ncc(C)cc4[nH]3)nc2c1. The Kier molecular flexibility index (Phi) is 2.94. The number of H-pyrrole nitrogens is 1. The van der Waals surface area contributed by atoms with Crippen LogP contribution in [0.3, 0.4) is 0 Å². The van der Waals surface area contributed by atoms with Crippen molar-refractivity contribution < 1.29 is 0 Å². The van der Waals surface area contributed by atoms with Crippen LogP contribution in [0.5, 0.6) is 0 Å². The standard InChI is InChI=1S/C18H15N3S/c1-10-3-4-12-7-17(22)18(21-13(12)5-10)16-8-14-15(20-16)6-11(2)9-19-14/h3-9,20,22H,1-2H3. The van der Waals surface area contributed by atoms with E-state index in [9.17, 15) is 0 Å². The van der Waals surface area contributed by atoms with Gasteiger partial charge in [-0.2, -0.15) is 0 Å². The number of nitrogens with one attached hydrogen (secondary N) is 1. The molecule has 0 aliphatic carbocycles. The molecule has 108 valence electrons. The van der Waals surface area contributed by atoms with Crippen LogP contribution >= 0.6 is 12.6 Å². The van der Waals surface area contributed by atoms with Crippen LogP contribution < -0.4 is 0 Å². The van der Waals surface area contributed by atoms with E-state index in [-0.39, 0.29) is 0 Å². The smallest absolute Gasteiger partial charge is 0.101 e. The van der Waals surface area contributed by atoms with Gasteiger partial charge in [0.15, 0.2) is 0 Å². The zero-order valence-corrected chi connectivity index (χ0v) is 13.3. The lowest BCUT2D eigenvalue weighted by Gasteiger charge is -2.06. The lowest BCUT2D eigenvalue weighted by atomic mass is 10.1. The molecule has 0 saturated heterocycles. The third kappa shape index (κ3) is 2.16. The van der Waals surface area contributed by atoms with Crippen molar-refractivity contribution >= 4 is 34.6 Å². The van der Waals surface area contributed by atoms with Gasteiger partial charge in [-0.1, -0.05) is 12.1 Å². The predicted molar refractivity (Wildman–Crippen MR) is 93.6 cm³/mol. The van der Waals surface area contributed by atoms with Gasteiger partial charge in [0.05, 0.1) is 22.2 Å². The third-order valence-corrected chi connectivity index (χ3v) is 4.15. The van der Waals surface area contributed by atoms with Gasteiger partial charge in [0, 0.05) is 16.5 Å². The Morgan fingerprint density at radius 3 is 2.68 bits per heavy atom. The largest absolute Gasteiger partial charge is 0.352 e. The zero-order chi connectivity index (χ0) is 15.3. The molecule has 0 amide bonds. The van der Waals surface area contributed by atoms with Crippen LogP contribution in [0.1, 0.15) is 11.1 Å². The van der Waals surface area contributed by atoms with Crippen LogP contribution in [-0.2, 0) is 0 Å². The molecular weight excluding hydrogens is 290 g/mol. The summed E-state index contributed by atoms with van der Waals surface area (Å²) >= 11 is 4.61. The van der Waals surface area contributed by atoms with Crippen LogP contribution in [0, 0.1) is 13.8 Å². The van der Waals surface area contributed by atoms with E-state index >= 15 is 0 Å². The summed E-state index contributed by atoms with van der Waals surface area (Å²) in [5.41, 5.74) is 7.09. The van der Waals surface area contributed by atoms with Gasteiger partial charge >= 0.3 is 0 Å². The number of hydrogen-bond donors (Lipinski definition) is 2. The van der Waals surface area contributed by atoms with Gasteiger partial charge in [-0.25, -0.2) is 4.98 Å². The Bertz CT molecular complexity index is 1020. The molecule has 1 aromatic carbocycles. The zero-order valence-electron chi connectivity index (χ0n) is 12.4. The Hall–Kier alpha value is -2.33. The van der Waals surface area contributed by atoms with Gasteiger partial charge in [0.2, 0.25) is 0 Å². The van der Waals surface area contributed by atoms with Gasteiger partial charge in [0.1, 0.15) is 5.69 Å². The Labute approximate surface area is 133 Å². The van der Waals surface area contributed by atoms with Crippen molar-refractivity contribution in [2.45, 2.75) is 18.7 Å². The molecule has 0 aliphatic heterocycles. The van der Waals surface area contributed by atoms with E-state index in [1.807, 2.05) is 19.2 Å². The van der Waals surface area contributed by atoms with Crippen LogP contribution in [-0.4, -0.2) is 15.0 Å². The second-order valence-electron chi connectivity index (χ2n) is 5.68. The summed E-state index contributed by atoms with van der Waals surface area (Å²) in [4.78, 5) is 13.5. The number of hydrogen-bond acceptors (Lipinski definition) is 3. The van der Waals surface area contributed by atoms with Gasteiger partial charge in [-0.15, -0.1) is 12.6 Å². The summed E-state index contributed by atoms with van der Waals surface area (Å²) in [6, 6.07) is 12.4. The molecule has 0 saturated carbocycles. The van der Waals surface area contributed by atoms with Crippen LogP contribution in [0.2, 0.25) is 0 Å². The first kappa shape index (κ1) is 13.3. The van der Waals surface area contributed by atoms with Crippen LogP contribution in [0.25, 0.3) is 33.3 Å². The number of aryl methyl sites for hydroxylation is 2. The molecule has 0 bridgehead atoms. The highest BCUT2D eigenvalue weighted by atomic mass is 32.1. The lowest BCUT2D eigenvalue weighted by Crippen LogP contribution is -1.89. The maximum absolute atomic E-state index is 4.79.